The van der Waals surface area contributed by atoms with E-state index in [0.717, 1.165) is 13.0 Å². The summed E-state index contributed by atoms with van der Waals surface area (Å²) in [5, 5.41) is 0. The van der Waals surface area contributed by atoms with Gasteiger partial charge in [-0.25, -0.2) is 9.05 Å². The molecule has 1 saturated heterocycles. The van der Waals surface area contributed by atoms with Crippen molar-refractivity contribution in [3.63, 3.8) is 0 Å². The van der Waals surface area contributed by atoms with Crippen LogP contribution in [0, 0.1) is 0 Å². The highest BCUT2D eigenvalue weighted by Crippen LogP contribution is 2.30. The highest BCUT2D eigenvalue weighted by Gasteiger charge is 2.25. The highest BCUT2D eigenvalue weighted by atomic mass is 31.1. The zero-order valence-electron chi connectivity index (χ0n) is 10.8. The Bertz CT molecular complexity index is 579. The van der Waals surface area contributed by atoms with Crippen LogP contribution in [-0.2, 0) is 15.7 Å². The van der Waals surface area contributed by atoms with Gasteiger partial charge >= 0.3 is 8.25 Å². The quantitative estimate of drug-likeness (QED) is 0.600. The lowest BCUT2D eigenvalue weighted by Crippen LogP contribution is -1.93. The van der Waals surface area contributed by atoms with Crippen molar-refractivity contribution in [2.24, 2.45) is 0 Å². The average molecular weight is 289 g/mol. The molecule has 0 amide bonds. The number of hydrogen-bond acceptors (Lipinski definition) is 4. The molecule has 2 unspecified atom stereocenters. The molecule has 20 heavy (non-hydrogen) atoms. The molecular formula is C15H14O4P+. The maximum atomic E-state index is 11.7. The fraction of sp³-hybridized carbons (Fsp3) is 0.200. The summed E-state index contributed by atoms with van der Waals surface area (Å²) in [5.41, 5.74) is 1.18. The minimum Gasteiger partial charge on any atom is -0.373 e. The molecule has 1 heterocycles. The first-order valence-electron chi connectivity index (χ1n) is 6.38. The number of rotatable bonds is 6. The molecule has 2 aromatic rings. The Labute approximate surface area is 118 Å². The summed E-state index contributed by atoms with van der Waals surface area (Å²) in [4.78, 5) is 0. The summed E-state index contributed by atoms with van der Waals surface area (Å²) in [7, 11) is -2.22. The molecule has 3 rings (SSSR count). The lowest BCUT2D eigenvalue weighted by atomic mass is 10.1. The summed E-state index contributed by atoms with van der Waals surface area (Å²) >= 11 is 0. The van der Waals surface area contributed by atoms with Gasteiger partial charge in [-0.15, -0.1) is 0 Å². The maximum absolute atomic E-state index is 11.7. The summed E-state index contributed by atoms with van der Waals surface area (Å²) in [6, 6.07) is 16.4. The Hall–Kier alpha value is -1.90. The molecule has 2 atom stereocenters. The molecule has 0 aromatic heterocycles. The second-order valence-electron chi connectivity index (χ2n) is 4.52. The van der Waals surface area contributed by atoms with Crippen molar-refractivity contribution in [3.8, 4) is 11.5 Å². The Morgan fingerprint density at radius 1 is 1.00 bits per heavy atom. The van der Waals surface area contributed by atoms with E-state index < -0.39 is 8.25 Å². The van der Waals surface area contributed by atoms with Gasteiger partial charge in [-0.3, -0.25) is 0 Å². The van der Waals surface area contributed by atoms with Gasteiger partial charge in [0.15, 0.2) is 11.5 Å². The molecule has 2 aromatic carbocycles. The number of epoxide rings is 1. The lowest BCUT2D eigenvalue weighted by molar-refractivity contribution is 0.407. The van der Waals surface area contributed by atoms with Gasteiger partial charge in [-0.2, -0.15) is 0 Å². The zero-order valence-corrected chi connectivity index (χ0v) is 11.7. The van der Waals surface area contributed by atoms with Gasteiger partial charge in [0.2, 0.25) is 0 Å². The Morgan fingerprint density at radius 2 is 1.60 bits per heavy atom. The maximum Gasteiger partial charge on any atom is 0.805 e. The van der Waals surface area contributed by atoms with Crippen molar-refractivity contribution in [3.05, 3.63) is 60.2 Å². The molecule has 1 aliphatic rings. The first kappa shape index (κ1) is 13.1. The molecule has 1 aliphatic heterocycles. The molecule has 0 radical (unpaired) electrons. The monoisotopic (exact) mass is 289 g/mol. The zero-order chi connectivity index (χ0) is 13.8. The van der Waals surface area contributed by atoms with E-state index >= 15 is 0 Å². The van der Waals surface area contributed by atoms with Gasteiger partial charge in [-0.05, 0) is 29.8 Å². The van der Waals surface area contributed by atoms with Crippen LogP contribution < -0.4 is 9.05 Å². The molecule has 102 valence electrons. The van der Waals surface area contributed by atoms with Crippen LogP contribution in [0.1, 0.15) is 5.56 Å². The van der Waals surface area contributed by atoms with Crippen molar-refractivity contribution >= 4 is 8.25 Å². The van der Waals surface area contributed by atoms with E-state index in [1.165, 1.54) is 5.56 Å². The number of benzene rings is 2. The topological polar surface area (TPSA) is 48.1 Å². The largest absolute Gasteiger partial charge is 0.805 e. The first-order valence-corrected chi connectivity index (χ1v) is 7.48. The van der Waals surface area contributed by atoms with E-state index in [9.17, 15) is 4.57 Å². The Balaban J connectivity index is 1.55. The van der Waals surface area contributed by atoms with Gasteiger partial charge in [0.25, 0.3) is 0 Å². The Morgan fingerprint density at radius 3 is 2.20 bits per heavy atom. The van der Waals surface area contributed by atoms with Crippen LogP contribution in [0.15, 0.2) is 54.6 Å². The molecule has 0 bridgehead atoms. The number of hydrogen-bond donors (Lipinski definition) is 0. The SMILES string of the molecule is O=[P+](Oc1ccccc1)Oc1ccc(CC2CO2)cc1. The fourth-order valence-corrected chi connectivity index (χ4v) is 2.43. The minimum atomic E-state index is -2.22. The van der Waals surface area contributed by atoms with Crippen molar-refractivity contribution < 1.29 is 18.3 Å². The summed E-state index contributed by atoms with van der Waals surface area (Å²) in [5.74, 6) is 1.05. The van der Waals surface area contributed by atoms with E-state index in [-0.39, 0.29) is 0 Å². The summed E-state index contributed by atoms with van der Waals surface area (Å²) in [6.07, 6.45) is 1.27. The van der Waals surface area contributed by atoms with E-state index in [4.69, 9.17) is 13.8 Å². The predicted molar refractivity (Wildman–Crippen MR) is 75.2 cm³/mol. The molecule has 0 aliphatic carbocycles. The summed E-state index contributed by atoms with van der Waals surface area (Å²) < 4.78 is 27.4. The molecule has 5 heteroatoms. The standard InChI is InChI=1S/C15H14O4P/c16-20(18-13-4-2-1-3-5-13)19-14-8-6-12(7-9-14)10-15-11-17-15/h1-9,15H,10-11H2/q+1. The van der Waals surface area contributed by atoms with Crippen molar-refractivity contribution in [2.45, 2.75) is 12.5 Å². The molecule has 1 fully saturated rings. The third-order valence-corrected chi connectivity index (χ3v) is 3.61. The van der Waals surface area contributed by atoms with Crippen molar-refractivity contribution in [2.75, 3.05) is 6.61 Å². The first-order chi connectivity index (χ1) is 9.79. The van der Waals surface area contributed by atoms with E-state index in [1.807, 2.05) is 30.3 Å². The van der Waals surface area contributed by atoms with E-state index in [0.29, 0.717) is 17.6 Å². The van der Waals surface area contributed by atoms with Crippen molar-refractivity contribution in [1.82, 2.24) is 0 Å². The molecule has 4 nitrogen and oxygen atoms in total. The van der Waals surface area contributed by atoms with Crippen LogP contribution in [0.2, 0.25) is 0 Å². The van der Waals surface area contributed by atoms with E-state index in [1.54, 1.807) is 24.3 Å². The molecule has 0 saturated carbocycles. The van der Waals surface area contributed by atoms with Gasteiger partial charge in [0.1, 0.15) is 0 Å². The molecule has 0 N–H and O–H groups in total. The summed E-state index contributed by atoms with van der Waals surface area (Å²) in [6.45, 7) is 0.842. The molecule has 0 spiro atoms. The fourth-order valence-electron chi connectivity index (χ4n) is 1.81. The van der Waals surface area contributed by atoms with Gasteiger partial charge in [0, 0.05) is 11.0 Å². The number of para-hydroxylation sites is 1. The number of ether oxygens (including phenoxy) is 1. The van der Waals surface area contributed by atoms with Crippen LogP contribution in [0.5, 0.6) is 11.5 Å². The third kappa shape index (κ3) is 3.80. The Kier molecular flexibility index (Phi) is 3.95. The van der Waals surface area contributed by atoms with Crippen LogP contribution in [-0.4, -0.2) is 12.7 Å². The highest BCUT2D eigenvalue weighted by molar-refractivity contribution is 7.34. The third-order valence-electron chi connectivity index (χ3n) is 2.89. The van der Waals surface area contributed by atoms with Gasteiger partial charge in [0.05, 0.1) is 12.7 Å². The van der Waals surface area contributed by atoms with E-state index in [2.05, 4.69) is 0 Å². The van der Waals surface area contributed by atoms with Crippen LogP contribution >= 0.6 is 8.25 Å². The second kappa shape index (κ2) is 6.04. The van der Waals surface area contributed by atoms with Crippen LogP contribution in [0.25, 0.3) is 0 Å². The van der Waals surface area contributed by atoms with Gasteiger partial charge < -0.3 is 4.74 Å². The lowest BCUT2D eigenvalue weighted by Gasteiger charge is -1.98. The van der Waals surface area contributed by atoms with Crippen LogP contribution in [0.3, 0.4) is 0 Å². The predicted octanol–water partition coefficient (Wildman–Crippen LogP) is 3.74. The smallest absolute Gasteiger partial charge is 0.373 e. The van der Waals surface area contributed by atoms with Crippen LogP contribution in [0.4, 0.5) is 0 Å². The normalized spacial score (nSPS) is 17.4. The minimum absolute atomic E-state index is 0.361. The van der Waals surface area contributed by atoms with Crippen molar-refractivity contribution in [1.29, 1.82) is 0 Å². The van der Waals surface area contributed by atoms with Gasteiger partial charge in [-0.1, -0.05) is 30.3 Å². The average Bonchev–Trinajstić information content (AvgIpc) is 3.26. The molecular weight excluding hydrogens is 275 g/mol. The second-order valence-corrected chi connectivity index (χ2v) is 5.34.